The molecule has 3 aromatic rings. The van der Waals surface area contributed by atoms with Crippen LogP contribution in [0.2, 0.25) is 0 Å². The summed E-state index contributed by atoms with van der Waals surface area (Å²) < 4.78 is 0. The maximum Gasteiger partial charge on any atom is 0.172 e. The van der Waals surface area contributed by atoms with Crippen molar-refractivity contribution in [2.75, 3.05) is 49.1 Å². The van der Waals surface area contributed by atoms with Crippen molar-refractivity contribution in [2.24, 2.45) is 0 Å². The number of rotatable bonds is 5. The number of hydrogen-bond donors (Lipinski definition) is 1. The number of aromatic amines is 1. The van der Waals surface area contributed by atoms with Crippen LogP contribution in [0.4, 0.5) is 11.6 Å². The van der Waals surface area contributed by atoms with Crippen molar-refractivity contribution in [3.8, 4) is 0 Å². The number of H-pyrrole nitrogens is 1. The zero-order valence-corrected chi connectivity index (χ0v) is 18.2. The van der Waals surface area contributed by atoms with Gasteiger partial charge in [0.25, 0.3) is 0 Å². The van der Waals surface area contributed by atoms with Gasteiger partial charge in [-0.3, -0.25) is 10.00 Å². The first-order valence-electron chi connectivity index (χ1n) is 11.4. The third-order valence-corrected chi connectivity index (χ3v) is 6.57. The summed E-state index contributed by atoms with van der Waals surface area (Å²) in [7, 11) is 0. The molecule has 2 aliphatic heterocycles. The van der Waals surface area contributed by atoms with Crippen molar-refractivity contribution in [2.45, 2.75) is 32.2 Å². The molecule has 0 amide bonds. The van der Waals surface area contributed by atoms with Gasteiger partial charge >= 0.3 is 0 Å². The molecule has 1 unspecified atom stereocenters. The molecule has 0 spiro atoms. The second-order valence-electron chi connectivity index (χ2n) is 8.54. The van der Waals surface area contributed by atoms with Gasteiger partial charge in [0.1, 0.15) is 0 Å². The number of aromatic nitrogens is 4. The first-order chi connectivity index (χ1) is 15.3. The quantitative estimate of drug-likeness (QED) is 0.686. The van der Waals surface area contributed by atoms with Crippen molar-refractivity contribution in [1.82, 2.24) is 25.1 Å². The van der Waals surface area contributed by atoms with Crippen molar-refractivity contribution in [3.05, 3.63) is 65.7 Å². The summed E-state index contributed by atoms with van der Waals surface area (Å²) in [5.41, 5.74) is 3.71. The van der Waals surface area contributed by atoms with E-state index in [9.17, 15) is 0 Å². The van der Waals surface area contributed by atoms with Crippen LogP contribution in [0.3, 0.4) is 0 Å². The standard InChI is InChI=1S/C24H31N7/c1-19-21(18-27-28-19)22(20-8-4-2-5-9-20)29-14-16-31(17-15-29)24-23(25-10-11-26-24)30-12-6-3-7-13-30/h2,4-5,8-11,18,22H,3,6-7,12-17H2,1H3,(H,27,28). The van der Waals surface area contributed by atoms with Crippen LogP contribution in [0, 0.1) is 6.92 Å². The molecule has 162 valence electrons. The monoisotopic (exact) mass is 417 g/mol. The van der Waals surface area contributed by atoms with Crippen molar-refractivity contribution < 1.29 is 0 Å². The molecule has 0 radical (unpaired) electrons. The summed E-state index contributed by atoms with van der Waals surface area (Å²) in [5.74, 6) is 2.10. The smallest absolute Gasteiger partial charge is 0.172 e. The molecule has 1 N–H and O–H groups in total. The fraction of sp³-hybridized carbons (Fsp3) is 0.458. The van der Waals surface area contributed by atoms with Gasteiger partial charge in [0, 0.05) is 62.9 Å². The van der Waals surface area contributed by atoms with Gasteiger partial charge in [0.2, 0.25) is 0 Å². The van der Waals surface area contributed by atoms with Crippen LogP contribution in [0.25, 0.3) is 0 Å². The van der Waals surface area contributed by atoms with E-state index in [0.29, 0.717) is 0 Å². The fourth-order valence-electron chi connectivity index (χ4n) is 4.93. The number of anilines is 2. The predicted molar refractivity (Wildman–Crippen MR) is 123 cm³/mol. The molecule has 2 saturated heterocycles. The van der Waals surface area contributed by atoms with Crippen LogP contribution in [-0.4, -0.2) is 64.3 Å². The zero-order valence-electron chi connectivity index (χ0n) is 18.2. The van der Waals surface area contributed by atoms with E-state index in [1.54, 1.807) is 0 Å². The minimum Gasteiger partial charge on any atom is -0.354 e. The average molecular weight is 418 g/mol. The van der Waals surface area contributed by atoms with E-state index in [2.05, 4.69) is 62.2 Å². The van der Waals surface area contributed by atoms with E-state index in [4.69, 9.17) is 9.97 Å². The lowest BCUT2D eigenvalue weighted by molar-refractivity contribution is 0.211. The van der Waals surface area contributed by atoms with Crippen LogP contribution >= 0.6 is 0 Å². The normalized spacial score (nSPS) is 18.9. The van der Waals surface area contributed by atoms with Gasteiger partial charge < -0.3 is 9.80 Å². The summed E-state index contributed by atoms with van der Waals surface area (Å²) in [5, 5.41) is 7.43. The van der Waals surface area contributed by atoms with Gasteiger partial charge in [0.05, 0.1) is 12.2 Å². The number of benzene rings is 1. The Morgan fingerprint density at radius 2 is 1.45 bits per heavy atom. The number of nitrogens with one attached hydrogen (secondary N) is 1. The molecule has 0 aliphatic carbocycles. The Morgan fingerprint density at radius 1 is 0.806 bits per heavy atom. The third-order valence-electron chi connectivity index (χ3n) is 6.57. The molecule has 5 rings (SSSR count). The van der Waals surface area contributed by atoms with Gasteiger partial charge in [-0.2, -0.15) is 5.10 Å². The van der Waals surface area contributed by atoms with Crippen LogP contribution in [0.15, 0.2) is 48.9 Å². The minimum absolute atomic E-state index is 0.213. The van der Waals surface area contributed by atoms with Crippen molar-refractivity contribution in [3.63, 3.8) is 0 Å². The van der Waals surface area contributed by atoms with E-state index in [1.165, 1.54) is 30.4 Å². The molecule has 2 aromatic heterocycles. The highest BCUT2D eigenvalue weighted by Gasteiger charge is 2.30. The molecule has 1 atom stereocenters. The fourth-order valence-corrected chi connectivity index (χ4v) is 4.93. The highest BCUT2D eigenvalue weighted by Crippen LogP contribution is 2.33. The minimum atomic E-state index is 0.213. The first kappa shape index (κ1) is 20.0. The molecule has 0 bridgehead atoms. The first-order valence-corrected chi connectivity index (χ1v) is 11.4. The van der Waals surface area contributed by atoms with E-state index in [0.717, 1.165) is 56.6 Å². The molecule has 7 heteroatoms. The van der Waals surface area contributed by atoms with Gasteiger partial charge in [-0.05, 0) is 31.7 Å². The van der Waals surface area contributed by atoms with E-state index in [-0.39, 0.29) is 6.04 Å². The largest absolute Gasteiger partial charge is 0.354 e. The number of piperazine rings is 1. The molecule has 7 nitrogen and oxygen atoms in total. The van der Waals surface area contributed by atoms with E-state index >= 15 is 0 Å². The van der Waals surface area contributed by atoms with Gasteiger partial charge in [-0.1, -0.05) is 30.3 Å². The second-order valence-corrected chi connectivity index (χ2v) is 8.54. The Balaban J connectivity index is 1.36. The maximum absolute atomic E-state index is 4.76. The Bertz CT molecular complexity index is 972. The highest BCUT2D eigenvalue weighted by molar-refractivity contribution is 5.62. The number of nitrogens with zero attached hydrogens (tertiary/aromatic N) is 6. The maximum atomic E-state index is 4.76. The predicted octanol–water partition coefficient (Wildman–Crippen LogP) is 3.41. The molecular weight excluding hydrogens is 386 g/mol. The molecule has 4 heterocycles. The Labute approximate surface area is 184 Å². The average Bonchev–Trinajstić information content (AvgIpc) is 3.26. The number of hydrogen-bond acceptors (Lipinski definition) is 6. The Hall–Kier alpha value is -2.93. The third kappa shape index (κ3) is 4.14. The summed E-state index contributed by atoms with van der Waals surface area (Å²) in [6.07, 6.45) is 9.45. The molecular formula is C24H31N7. The Morgan fingerprint density at radius 3 is 2.06 bits per heavy atom. The number of aryl methyl sites for hydroxylation is 1. The molecule has 1 aromatic carbocycles. The number of piperidine rings is 1. The summed E-state index contributed by atoms with van der Waals surface area (Å²) in [6, 6.07) is 11.0. The van der Waals surface area contributed by atoms with Gasteiger partial charge in [-0.15, -0.1) is 0 Å². The van der Waals surface area contributed by atoms with Crippen LogP contribution < -0.4 is 9.80 Å². The molecule has 2 fully saturated rings. The van der Waals surface area contributed by atoms with Gasteiger partial charge in [0.15, 0.2) is 11.6 Å². The van der Waals surface area contributed by atoms with Gasteiger partial charge in [-0.25, -0.2) is 9.97 Å². The topological polar surface area (TPSA) is 64.2 Å². The second kappa shape index (κ2) is 9.06. The van der Waals surface area contributed by atoms with Crippen LogP contribution in [0.5, 0.6) is 0 Å². The van der Waals surface area contributed by atoms with Crippen molar-refractivity contribution in [1.29, 1.82) is 0 Å². The zero-order chi connectivity index (χ0) is 21.0. The lowest BCUT2D eigenvalue weighted by Crippen LogP contribution is -2.48. The lowest BCUT2D eigenvalue weighted by Gasteiger charge is -2.41. The molecule has 0 saturated carbocycles. The van der Waals surface area contributed by atoms with Crippen LogP contribution in [0.1, 0.15) is 42.1 Å². The van der Waals surface area contributed by atoms with E-state index < -0.39 is 0 Å². The molecule has 2 aliphatic rings. The summed E-state index contributed by atoms with van der Waals surface area (Å²) >= 11 is 0. The van der Waals surface area contributed by atoms with Crippen LogP contribution in [-0.2, 0) is 0 Å². The highest BCUT2D eigenvalue weighted by atomic mass is 15.3. The summed E-state index contributed by atoms with van der Waals surface area (Å²) in [4.78, 5) is 16.9. The lowest BCUT2D eigenvalue weighted by atomic mass is 9.97. The Kier molecular flexibility index (Phi) is 5.84. The summed E-state index contributed by atoms with van der Waals surface area (Å²) in [6.45, 7) is 8.11. The van der Waals surface area contributed by atoms with Crippen molar-refractivity contribution >= 4 is 11.6 Å². The molecule has 31 heavy (non-hydrogen) atoms. The SMILES string of the molecule is Cc1[nH]ncc1C(c1ccccc1)N1CCN(c2nccnc2N2CCCCC2)CC1. The van der Waals surface area contributed by atoms with E-state index in [1.807, 2.05) is 18.6 Å².